The molecule has 1 aliphatic carbocycles. The molecule has 0 spiro atoms. The van der Waals surface area contributed by atoms with Gasteiger partial charge in [-0.25, -0.2) is 4.79 Å². The Labute approximate surface area is 122 Å². The maximum absolute atomic E-state index is 11.8. The second-order valence-corrected chi connectivity index (χ2v) is 6.17. The molecule has 0 aromatic heterocycles. The number of carbonyl (C=O) groups is 2. The van der Waals surface area contributed by atoms with Gasteiger partial charge in [0.1, 0.15) is 6.04 Å². The van der Waals surface area contributed by atoms with Gasteiger partial charge in [0.05, 0.1) is 0 Å². The van der Waals surface area contributed by atoms with Crippen LogP contribution in [0.5, 0.6) is 0 Å². The van der Waals surface area contributed by atoms with E-state index in [1.54, 1.807) is 0 Å². The fourth-order valence-electron chi connectivity index (χ4n) is 2.96. The molecule has 0 aromatic rings. The number of carboxylic acids is 1. The van der Waals surface area contributed by atoms with E-state index in [-0.39, 0.29) is 11.8 Å². The van der Waals surface area contributed by atoms with Gasteiger partial charge in [-0.15, -0.1) is 0 Å². The van der Waals surface area contributed by atoms with E-state index in [1.807, 2.05) is 13.8 Å². The second-order valence-electron chi connectivity index (χ2n) is 6.17. The lowest BCUT2D eigenvalue weighted by Gasteiger charge is -2.22. The van der Waals surface area contributed by atoms with E-state index < -0.39 is 12.0 Å². The van der Waals surface area contributed by atoms with E-state index in [2.05, 4.69) is 5.32 Å². The first-order valence-electron chi connectivity index (χ1n) is 8.06. The monoisotopic (exact) mass is 283 g/mol. The number of hydrogen-bond donors (Lipinski definition) is 2. The van der Waals surface area contributed by atoms with E-state index >= 15 is 0 Å². The summed E-state index contributed by atoms with van der Waals surface area (Å²) in [5.41, 5.74) is 0. The summed E-state index contributed by atoms with van der Waals surface area (Å²) in [5.74, 6) is -0.301. The van der Waals surface area contributed by atoms with Crippen molar-refractivity contribution >= 4 is 11.9 Å². The van der Waals surface area contributed by atoms with Crippen LogP contribution in [0.4, 0.5) is 0 Å². The van der Waals surface area contributed by atoms with Gasteiger partial charge in [-0.3, -0.25) is 4.79 Å². The number of carbonyl (C=O) groups excluding carboxylic acids is 1. The molecule has 2 atom stereocenters. The van der Waals surface area contributed by atoms with Gasteiger partial charge < -0.3 is 10.4 Å². The van der Waals surface area contributed by atoms with Gasteiger partial charge in [0.2, 0.25) is 5.91 Å². The molecule has 4 nitrogen and oxygen atoms in total. The molecule has 1 fully saturated rings. The van der Waals surface area contributed by atoms with Crippen molar-refractivity contribution in [2.75, 3.05) is 0 Å². The standard InChI is InChI=1S/C16H29NO3/c1-3-12(2)15(16(19)20)17-14(18)11-7-10-13-8-5-4-6-9-13/h12-13,15H,3-11H2,1-2H3,(H,17,18)(H,19,20)/t12-,15-/m0/s1. The number of carboxylic acid groups (broad SMARTS) is 1. The highest BCUT2D eigenvalue weighted by Gasteiger charge is 2.25. The average Bonchev–Trinajstić information content (AvgIpc) is 2.45. The minimum absolute atomic E-state index is 0.0326. The Morgan fingerprint density at radius 3 is 2.45 bits per heavy atom. The zero-order valence-electron chi connectivity index (χ0n) is 12.9. The van der Waals surface area contributed by atoms with Crippen LogP contribution in [-0.4, -0.2) is 23.0 Å². The Morgan fingerprint density at radius 1 is 1.25 bits per heavy atom. The van der Waals surface area contributed by atoms with E-state index in [0.717, 1.165) is 25.2 Å². The van der Waals surface area contributed by atoms with Crippen LogP contribution in [0.1, 0.15) is 71.6 Å². The number of nitrogens with one attached hydrogen (secondary N) is 1. The summed E-state index contributed by atoms with van der Waals surface area (Å²) in [6, 6.07) is -0.748. The van der Waals surface area contributed by atoms with Crippen molar-refractivity contribution in [1.29, 1.82) is 0 Å². The first-order chi connectivity index (χ1) is 9.54. The molecule has 116 valence electrons. The zero-order valence-corrected chi connectivity index (χ0v) is 12.9. The third-order valence-corrected chi connectivity index (χ3v) is 4.54. The Balaban J connectivity index is 2.25. The summed E-state index contributed by atoms with van der Waals surface area (Å²) < 4.78 is 0. The third kappa shape index (κ3) is 5.93. The molecule has 0 heterocycles. The largest absolute Gasteiger partial charge is 0.480 e. The Kier molecular flexibility index (Phi) is 7.63. The van der Waals surface area contributed by atoms with Crippen molar-refractivity contribution in [3.05, 3.63) is 0 Å². The fraction of sp³-hybridized carbons (Fsp3) is 0.875. The molecule has 1 rings (SSSR count). The minimum Gasteiger partial charge on any atom is -0.480 e. The van der Waals surface area contributed by atoms with E-state index in [1.165, 1.54) is 32.1 Å². The predicted octanol–water partition coefficient (Wildman–Crippen LogP) is 3.35. The predicted molar refractivity (Wildman–Crippen MR) is 79.4 cm³/mol. The van der Waals surface area contributed by atoms with Crippen LogP contribution < -0.4 is 5.32 Å². The van der Waals surface area contributed by atoms with Crippen molar-refractivity contribution in [1.82, 2.24) is 5.32 Å². The molecule has 1 amide bonds. The summed E-state index contributed by atoms with van der Waals surface area (Å²) in [4.78, 5) is 23.0. The normalized spacial score (nSPS) is 19.3. The summed E-state index contributed by atoms with van der Waals surface area (Å²) in [5, 5.41) is 11.8. The van der Waals surface area contributed by atoms with Crippen LogP contribution >= 0.6 is 0 Å². The van der Waals surface area contributed by atoms with Gasteiger partial charge in [-0.2, -0.15) is 0 Å². The maximum Gasteiger partial charge on any atom is 0.326 e. The zero-order chi connectivity index (χ0) is 15.0. The van der Waals surface area contributed by atoms with Crippen LogP contribution in [0, 0.1) is 11.8 Å². The van der Waals surface area contributed by atoms with Crippen molar-refractivity contribution in [3.8, 4) is 0 Å². The number of aliphatic carboxylic acids is 1. The molecule has 0 bridgehead atoms. The van der Waals surface area contributed by atoms with Crippen molar-refractivity contribution in [2.24, 2.45) is 11.8 Å². The van der Waals surface area contributed by atoms with Gasteiger partial charge >= 0.3 is 5.97 Å². The maximum atomic E-state index is 11.8. The fourth-order valence-corrected chi connectivity index (χ4v) is 2.96. The molecule has 0 radical (unpaired) electrons. The first kappa shape index (κ1) is 17.0. The topological polar surface area (TPSA) is 66.4 Å². The van der Waals surface area contributed by atoms with Crippen molar-refractivity contribution in [2.45, 2.75) is 77.7 Å². The molecule has 0 aliphatic heterocycles. The lowest BCUT2D eigenvalue weighted by molar-refractivity contribution is -0.143. The summed E-state index contributed by atoms with van der Waals surface area (Å²) in [6.07, 6.45) is 9.79. The van der Waals surface area contributed by atoms with Gasteiger partial charge in [0.15, 0.2) is 0 Å². The molecule has 1 saturated carbocycles. The summed E-state index contributed by atoms with van der Waals surface area (Å²) in [6.45, 7) is 3.80. The van der Waals surface area contributed by atoms with Gasteiger partial charge in [-0.05, 0) is 24.7 Å². The van der Waals surface area contributed by atoms with Crippen molar-refractivity contribution in [3.63, 3.8) is 0 Å². The van der Waals surface area contributed by atoms with E-state index in [0.29, 0.717) is 6.42 Å². The molecule has 0 unspecified atom stereocenters. The SMILES string of the molecule is CC[C@H](C)[C@H](NC(=O)CCCC1CCCCC1)C(=O)O. The van der Waals surface area contributed by atoms with Crippen molar-refractivity contribution < 1.29 is 14.7 Å². The van der Waals surface area contributed by atoms with Crippen LogP contribution in [0.2, 0.25) is 0 Å². The molecule has 0 saturated heterocycles. The highest BCUT2D eigenvalue weighted by Crippen LogP contribution is 2.27. The van der Waals surface area contributed by atoms with Crippen LogP contribution in [-0.2, 0) is 9.59 Å². The lowest BCUT2D eigenvalue weighted by Crippen LogP contribution is -2.44. The molecule has 2 N–H and O–H groups in total. The van der Waals surface area contributed by atoms with E-state index in [9.17, 15) is 9.59 Å². The summed E-state index contributed by atoms with van der Waals surface area (Å²) in [7, 11) is 0. The Hall–Kier alpha value is -1.06. The Bertz CT molecular complexity index is 311. The molecule has 1 aliphatic rings. The minimum atomic E-state index is -0.931. The number of hydrogen-bond acceptors (Lipinski definition) is 2. The number of rotatable bonds is 8. The van der Waals surface area contributed by atoms with E-state index in [4.69, 9.17) is 5.11 Å². The summed E-state index contributed by atoms with van der Waals surface area (Å²) >= 11 is 0. The molecular weight excluding hydrogens is 254 g/mol. The molecule has 20 heavy (non-hydrogen) atoms. The highest BCUT2D eigenvalue weighted by atomic mass is 16.4. The smallest absolute Gasteiger partial charge is 0.326 e. The van der Waals surface area contributed by atoms with Crippen LogP contribution in [0.25, 0.3) is 0 Å². The highest BCUT2D eigenvalue weighted by molar-refractivity contribution is 5.83. The van der Waals surface area contributed by atoms with Crippen LogP contribution in [0.3, 0.4) is 0 Å². The third-order valence-electron chi connectivity index (χ3n) is 4.54. The molecule has 0 aromatic carbocycles. The van der Waals surface area contributed by atoms with Gasteiger partial charge in [0, 0.05) is 6.42 Å². The lowest BCUT2D eigenvalue weighted by atomic mass is 9.86. The first-order valence-corrected chi connectivity index (χ1v) is 8.06. The van der Waals surface area contributed by atoms with Crippen LogP contribution in [0.15, 0.2) is 0 Å². The molecular formula is C16H29NO3. The second kappa shape index (κ2) is 8.98. The molecule has 4 heteroatoms. The van der Waals surface area contributed by atoms with Gasteiger partial charge in [0.25, 0.3) is 0 Å². The average molecular weight is 283 g/mol. The Morgan fingerprint density at radius 2 is 1.90 bits per heavy atom. The number of amides is 1. The van der Waals surface area contributed by atoms with Gasteiger partial charge in [-0.1, -0.05) is 52.4 Å². The quantitative estimate of drug-likeness (QED) is 0.718.